The molecule has 2 amide bonds. The van der Waals surface area contributed by atoms with Crippen LogP contribution in [0.1, 0.15) is 24.8 Å². The number of hydrogen-bond donors (Lipinski definition) is 2. The van der Waals surface area contributed by atoms with E-state index in [0.717, 1.165) is 43.9 Å². The van der Waals surface area contributed by atoms with Gasteiger partial charge in [-0.1, -0.05) is 42.0 Å². The van der Waals surface area contributed by atoms with Crippen molar-refractivity contribution < 1.29 is 4.79 Å². The van der Waals surface area contributed by atoms with Crippen molar-refractivity contribution in [1.29, 1.82) is 0 Å². The first-order valence-electron chi connectivity index (χ1n) is 9.57. The van der Waals surface area contributed by atoms with Gasteiger partial charge >= 0.3 is 6.03 Å². The molecule has 2 aliphatic heterocycles. The highest BCUT2D eigenvalue weighted by Crippen LogP contribution is 2.35. The molecule has 0 aliphatic carbocycles. The standard InChI is InChI=1S/C22H27N3O/c1-17-6-8-18(9-7-17)19-4-2-5-20(14-19)24-21(26)25-13-3-10-22(16-25)11-12-23-15-22/h2,4-9,14,23H,3,10-13,15-16H2,1H3,(H,24,26)/t22-/m1/s1. The number of anilines is 1. The van der Waals surface area contributed by atoms with E-state index in [-0.39, 0.29) is 6.03 Å². The van der Waals surface area contributed by atoms with Crippen LogP contribution in [0.15, 0.2) is 48.5 Å². The Morgan fingerprint density at radius 2 is 1.96 bits per heavy atom. The summed E-state index contributed by atoms with van der Waals surface area (Å²) in [5, 5.41) is 6.57. The third-order valence-electron chi connectivity index (χ3n) is 5.78. The van der Waals surface area contributed by atoms with Crippen LogP contribution in [-0.2, 0) is 0 Å². The zero-order chi connectivity index (χ0) is 18.0. The summed E-state index contributed by atoms with van der Waals surface area (Å²) in [6.07, 6.45) is 3.50. The maximum Gasteiger partial charge on any atom is 0.321 e. The van der Waals surface area contributed by atoms with Gasteiger partial charge in [-0.25, -0.2) is 4.79 Å². The molecule has 136 valence electrons. The van der Waals surface area contributed by atoms with E-state index >= 15 is 0 Å². The molecule has 2 aliphatic rings. The Labute approximate surface area is 155 Å². The lowest BCUT2D eigenvalue weighted by atomic mass is 9.79. The van der Waals surface area contributed by atoms with Crippen LogP contribution < -0.4 is 10.6 Å². The van der Waals surface area contributed by atoms with Gasteiger partial charge in [0.1, 0.15) is 0 Å². The van der Waals surface area contributed by atoms with E-state index in [4.69, 9.17) is 0 Å². The number of piperidine rings is 1. The molecule has 2 aromatic carbocycles. The largest absolute Gasteiger partial charge is 0.324 e. The number of nitrogens with zero attached hydrogens (tertiary/aromatic N) is 1. The molecule has 0 radical (unpaired) electrons. The van der Waals surface area contributed by atoms with Crippen molar-refractivity contribution in [3.63, 3.8) is 0 Å². The highest BCUT2D eigenvalue weighted by Gasteiger charge is 2.39. The van der Waals surface area contributed by atoms with E-state index in [9.17, 15) is 4.79 Å². The molecule has 2 N–H and O–H groups in total. The minimum Gasteiger partial charge on any atom is -0.324 e. The quantitative estimate of drug-likeness (QED) is 0.850. The van der Waals surface area contributed by atoms with Gasteiger partial charge in [0.05, 0.1) is 0 Å². The zero-order valence-electron chi connectivity index (χ0n) is 15.4. The maximum atomic E-state index is 12.8. The third-order valence-corrected chi connectivity index (χ3v) is 5.78. The summed E-state index contributed by atoms with van der Waals surface area (Å²) in [6.45, 7) is 5.92. The van der Waals surface area contributed by atoms with Crippen LogP contribution in [0.25, 0.3) is 11.1 Å². The summed E-state index contributed by atoms with van der Waals surface area (Å²) in [5.41, 5.74) is 4.69. The molecule has 26 heavy (non-hydrogen) atoms. The van der Waals surface area contributed by atoms with Crippen molar-refractivity contribution in [1.82, 2.24) is 10.2 Å². The predicted molar refractivity (Wildman–Crippen MR) is 106 cm³/mol. The Morgan fingerprint density at radius 3 is 2.73 bits per heavy atom. The van der Waals surface area contributed by atoms with E-state index in [2.05, 4.69) is 54.0 Å². The van der Waals surface area contributed by atoms with Crippen molar-refractivity contribution >= 4 is 11.7 Å². The number of hydrogen-bond acceptors (Lipinski definition) is 2. The highest BCUT2D eigenvalue weighted by molar-refractivity contribution is 5.90. The molecule has 1 atom stereocenters. The number of benzene rings is 2. The van der Waals surface area contributed by atoms with Crippen molar-refractivity contribution in [2.45, 2.75) is 26.2 Å². The molecule has 2 fully saturated rings. The van der Waals surface area contributed by atoms with Gasteiger partial charge in [-0.3, -0.25) is 0 Å². The maximum absolute atomic E-state index is 12.8. The lowest BCUT2D eigenvalue weighted by Crippen LogP contribution is -2.48. The van der Waals surface area contributed by atoms with Gasteiger partial charge in [-0.05, 0) is 56.0 Å². The van der Waals surface area contributed by atoms with Crippen molar-refractivity contribution in [3.05, 3.63) is 54.1 Å². The summed E-state index contributed by atoms with van der Waals surface area (Å²) in [5.74, 6) is 0. The fourth-order valence-electron chi connectivity index (χ4n) is 4.25. The molecular formula is C22H27N3O. The monoisotopic (exact) mass is 349 g/mol. The molecule has 4 nitrogen and oxygen atoms in total. The summed E-state index contributed by atoms with van der Waals surface area (Å²) in [6, 6.07) is 16.6. The molecule has 2 saturated heterocycles. The molecule has 0 unspecified atom stereocenters. The van der Waals surface area contributed by atoms with Gasteiger partial charge in [0, 0.05) is 30.7 Å². The topological polar surface area (TPSA) is 44.4 Å². The van der Waals surface area contributed by atoms with Crippen molar-refractivity contribution in [2.75, 3.05) is 31.5 Å². The smallest absolute Gasteiger partial charge is 0.321 e. The number of aryl methyl sites for hydroxylation is 1. The summed E-state index contributed by atoms with van der Waals surface area (Å²) in [7, 11) is 0. The van der Waals surface area contributed by atoms with E-state index in [1.807, 2.05) is 17.0 Å². The molecule has 1 spiro atoms. The fourth-order valence-corrected chi connectivity index (χ4v) is 4.25. The Balaban J connectivity index is 1.46. The number of nitrogens with one attached hydrogen (secondary N) is 2. The molecular weight excluding hydrogens is 322 g/mol. The Kier molecular flexibility index (Phi) is 4.68. The van der Waals surface area contributed by atoms with E-state index in [0.29, 0.717) is 5.41 Å². The molecule has 0 bridgehead atoms. The summed E-state index contributed by atoms with van der Waals surface area (Å²) in [4.78, 5) is 14.8. The third kappa shape index (κ3) is 3.61. The Morgan fingerprint density at radius 1 is 1.12 bits per heavy atom. The van der Waals surface area contributed by atoms with Crippen LogP contribution in [-0.4, -0.2) is 37.1 Å². The molecule has 4 heteroatoms. The summed E-state index contributed by atoms with van der Waals surface area (Å²) >= 11 is 0. The second-order valence-corrected chi connectivity index (χ2v) is 7.83. The predicted octanol–water partition coefficient (Wildman–Crippen LogP) is 4.27. The number of likely N-dealkylation sites (tertiary alicyclic amines) is 1. The first kappa shape index (κ1) is 17.1. The molecule has 4 rings (SSSR count). The second-order valence-electron chi connectivity index (χ2n) is 7.83. The second kappa shape index (κ2) is 7.12. The first-order valence-corrected chi connectivity index (χ1v) is 9.57. The zero-order valence-corrected chi connectivity index (χ0v) is 15.4. The van der Waals surface area contributed by atoms with Crippen LogP contribution in [0, 0.1) is 12.3 Å². The number of rotatable bonds is 2. The van der Waals surface area contributed by atoms with Crippen LogP contribution >= 0.6 is 0 Å². The average molecular weight is 349 g/mol. The van der Waals surface area contributed by atoms with Crippen LogP contribution in [0.2, 0.25) is 0 Å². The van der Waals surface area contributed by atoms with Gasteiger partial charge in [-0.15, -0.1) is 0 Å². The van der Waals surface area contributed by atoms with Crippen LogP contribution in [0.3, 0.4) is 0 Å². The lowest BCUT2D eigenvalue weighted by Gasteiger charge is -2.39. The van der Waals surface area contributed by atoms with Gasteiger partial charge < -0.3 is 15.5 Å². The average Bonchev–Trinajstić information content (AvgIpc) is 3.10. The van der Waals surface area contributed by atoms with E-state index in [1.54, 1.807) is 0 Å². The molecule has 2 heterocycles. The Bertz CT molecular complexity index is 778. The normalized spacial score (nSPS) is 22.6. The fraction of sp³-hybridized carbons (Fsp3) is 0.409. The van der Waals surface area contributed by atoms with E-state index in [1.165, 1.54) is 24.0 Å². The minimum atomic E-state index is 0.0250. The minimum absolute atomic E-state index is 0.0250. The number of amides is 2. The number of urea groups is 1. The SMILES string of the molecule is Cc1ccc(-c2cccc(NC(=O)N3CCC[C@]4(CCNC4)C3)c2)cc1. The van der Waals surface area contributed by atoms with Crippen molar-refractivity contribution in [2.24, 2.45) is 5.41 Å². The summed E-state index contributed by atoms with van der Waals surface area (Å²) < 4.78 is 0. The van der Waals surface area contributed by atoms with Gasteiger partial charge in [0.2, 0.25) is 0 Å². The van der Waals surface area contributed by atoms with E-state index < -0.39 is 0 Å². The van der Waals surface area contributed by atoms with Gasteiger partial charge in [-0.2, -0.15) is 0 Å². The molecule has 0 aromatic heterocycles. The number of carbonyl (C=O) groups is 1. The first-order chi connectivity index (χ1) is 12.6. The van der Waals surface area contributed by atoms with Gasteiger partial charge in [0.25, 0.3) is 0 Å². The Hall–Kier alpha value is -2.33. The van der Waals surface area contributed by atoms with Crippen molar-refractivity contribution in [3.8, 4) is 11.1 Å². The van der Waals surface area contributed by atoms with Crippen LogP contribution in [0.5, 0.6) is 0 Å². The molecule has 2 aromatic rings. The number of carbonyl (C=O) groups excluding carboxylic acids is 1. The highest BCUT2D eigenvalue weighted by atomic mass is 16.2. The lowest BCUT2D eigenvalue weighted by molar-refractivity contribution is 0.125. The molecule has 0 saturated carbocycles. The van der Waals surface area contributed by atoms with Crippen LogP contribution in [0.4, 0.5) is 10.5 Å². The van der Waals surface area contributed by atoms with Gasteiger partial charge in [0.15, 0.2) is 0 Å².